The molecule has 1 saturated heterocycles. The summed E-state index contributed by atoms with van der Waals surface area (Å²) in [6, 6.07) is 8.04. The van der Waals surface area contributed by atoms with Crippen LogP contribution in [0, 0.1) is 5.92 Å². The van der Waals surface area contributed by atoms with Crippen molar-refractivity contribution in [3.63, 3.8) is 0 Å². The monoisotopic (exact) mass is 581 g/mol. The minimum absolute atomic E-state index is 0.0131. The zero-order valence-electron chi connectivity index (χ0n) is 24.4. The van der Waals surface area contributed by atoms with Crippen molar-refractivity contribution in [2.45, 2.75) is 57.1 Å². The highest BCUT2D eigenvalue weighted by Crippen LogP contribution is 2.31. The largest absolute Gasteiger partial charge is 0.552 e. The third-order valence-corrected chi connectivity index (χ3v) is 6.55. The first-order valence-corrected chi connectivity index (χ1v) is 13.5. The van der Waals surface area contributed by atoms with Gasteiger partial charge in [0.25, 0.3) is 17.8 Å². The molecule has 1 fully saturated rings. The summed E-state index contributed by atoms with van der Waals surface area (Å²) >= 11 is 0. The zero-order valence-corrected chi connectivity index (χ0v) is 24.4. The smallest absolute Gasteiger partial charge is 0.508 e. The van der Waals surface area contributed by atoms with E-state index in [0.717, 1.165) is 5.56 Å². The lowest BCUT2D eigenvalue weighted by Gasteiger charge is -2.41. The van der Waals surface area contributed by atoms with Gasteiger partial charge in [0.1, 0.15) is 11.7 Å². The van der Waals surface area contributed by atoms with Gasteiger partial charge < -0.3 is 29.6 Å². The van der Waals surface area contributed by atoms with E-state index in [4.69, 9.17) is 14.0 Å². The number of carbonyl (C=O) groups is 5. The topological polar surface area (TPSA) is 166 Å². The molecule has 3 atom stereocenters. The van der Waals surface area contributed by atoms with Gasteiger partial charge in [0.05, 0.1) is 32.1 Å². The van der Waals surface area contributed by atoms with Crippen molar-refractivity contribution in [2.75, 3.05) is 21.2 Å². The lowest BCUT2D eigenvalue weighted by molar-refractivity contribution is -0.170. The van der Waals surface area contributed by atoms with Crippen molar-refractivity contribution in [1.82, 2.24) is 25.5 Å². The van der Waals surface area contributed by atoms with Crippen LogP contribution in [0.3, 0.4) is 0 Å². The second-order valence-electron chi connectivity index (χ2n) is 10.7. The van der Waals surface area contributed by atoms with Crippen LogP contribution in [0.2, 0.25) is 0 Å². The average molecular weight is 581 g/mol. The molecule has 0 bridgehead atoms. The maximum atomic E-state index is 13.8. The summed E-state index contributed by atoms with van der Waals surface area (Å²) in [4.78, 5) is 74.2. The Bertz CT molecular complexity index is 1260. The van der Waals surface area contributed by atoms with Crippen LogP contribution in [-0.4, -0.2) is 90.4 Å². The number of nitrogens with zero attached hydrogens (tertiary/aromatic N) is 3. The molecule has 3 amide bonds. The first-order chi connectivity index (χ1) is 19.9. The number of likely N-dealkylation sites (N-methyl/N-ethyl adjacent to an activating group) is 1. The van der Waals surface area contributed by atoms with Crippen molar-refractivity contribution in [1.29, 1.82) is 0 Å². The van der Waals surface area contributed by atoms with E-state index in [2.05, 4.69) is 20.6 Å². The Morgan fingerprint density at radius 2 is 1.83 bits per heavy atom. The first-order valence-electron chi connectivity index (χ1n) is 13.5. The summed E-state index contributed by atoms with van der Waals surface area (Å²) in [5, 5.41) is 5.57. The quantitative estimate of drug-likeness (QED) is 0.270. The van der Waals surface area contributed by atoms with Gasteiger partial charge in [-0.05, 0) is 17.9 Å². The number of aromatic nitrogens is 2. The van der Waals surface area contributed by atoms with Crippen LogP contribution < -0.4 is 10.6 Å². The number of benzene rings is 1. The van der Waals surface area contributed by atoms with Crippen molar-refractivity contribution < 1.29 is 38.0 Å². The number of nitrogens with one attached hydrogen (secondary N) is 2. The van der Waals surface area contributed by atoms with E-state index < -0.39 is 67.2 Å². The fraction of sp³-hybridized carbons (Fsp3) is 0.464. The number of carbonyl (C=O) groups excluding carboxylic acids is 5. The minimum Gasteiger partial charge on any atom is -0.508 e. The Morgan fingerprint density at radius 1 is 1.12 bits per heavy atom. The summed E-state index contributed by atoms with van der Waals surface area (Å²) < 4.78 is 16.4. The summed E-state index contributed by atoms with van der Waals surface area (Å²) in [7, 11) is 2.71. The average Bonchev–Trinajstić information content (AvgIpc) is 2.96. The van der Waals surface area contributed by atoms with Gasteiger partial charge in [-0.15, -0.1) is 0 Å². The summed E-state index contributed by atoms with van der Waals surface area (Å²) in [5.41, 5.74) is -1.08. The Kier molecular flexibility index (Phi) is 11.1. The zero-order chi connectivity index (χ0) is 30.9. The molecule has 3 rings (SSSR count). The molecule has 0 saturated carbocycles. The van der Waals surface area contributed by atoms with Crippen LogP contribution in [0.25, 0.3) is 0 Å². The molecule has 2 aromatic rings. The maximum Gasteiger partial charge on any atom is 0.552 e. The number of methoxy groups -OCH3 is 1. The molecule has 1 aromatic carbocycles. The highest BCUT2D eigenvalue weighted by Gasteiger charge is 2.55. The van der Waals surface area contributed by atoms with E-state index in [1.165, 1.54) is 44.7 Å². The van der Waals surface area contributed by atoms with Crippen LogP contribution in [0.15, 0.2) is 48.9 Å². The summed E-state index contributed by atoms with van der Waals surface area (Å²) in [5.74, 6) is -4.27. The molecule has 14 heteroatoms. The van der Waals surface area contributed by atoms with Gasteiger partial charge in [-0.25, -0.2) is 4.98 Å². The number of amides is 3. The van der Waals surface area contributed by atoms with Gasteiger partial charge in [0.15, 0.2) is 5.60 Å². The van der Waals surface area contributed by atoms with Gasteiger partial charge in [-0.2, -0.15) is 0 Å². The first kappa shape index (κ1) is 32.2. The predicted molar refractivity (Wildman–Crippen MR) is 150 cm³/mol. The minimum atomic E-state index is -1.89. The van der Waals surface area contributed by atoms with E-state index in [-0.39, 0.29) is 24.5 Å². The molecule has 1 aromatic heterocycles. The molecule has 1 aliphatic heterocycles. The molecule has 2 heterocycles. The third-order valence-electron chi connectivity index (χ3n) is 6.55. The lowest BCUT2D eigenvalue weighted by Crippen LogP contribution is -2.64. The van der Waals surface area contributed by atoms with Gasteiger partial charge in [-0.1, -0.05) is 44.2 Å². The molecule has 0 aliphatic carbocycles. The Hall–Kier alpha value is -4.33. The van der Waals surface area contributed by atoms with Crippen LogP contribution in [0.1, 0.15) is 49.2 Å². The molecule has 224 valence electrons. The Labute approximate surface area is 244 Å². The van der Waals surface area contributed by atoms with E-state index >= 15 is 0 Å². The number of esters is 1. The fourth-order valence-electron chi connectivity index (χ4n) is 4.61. The molecule has 13 nitrogen and oxygen atoms in total. The molecule has 0 unspecified atom stereocenters. The summed E-state index contributed by atoms with van der Waals surface area (Å²) in [6.45, 7) is 3.79. The third kappa shape index (κ3) is 8.59. The molecule has 1 aliphatic rings. The maximum absolute atomic E-state index is 13.8. The van der Waals surface area contributed by atoms with Gasteiger partial charge in [0, 0.05) is 32.9 Å². The fourth-order valence-corrected chi connectivity index (χ4v) is 4.61. The van der Waals surface area contributed by atoms with Gasteiger partial charge in [-0.3, -0.25) is 29.0 Å². The van der Waals surface area contributed by atoms with Crippen molar-refractivity contribution in [3.8, 4) is 0 Å². The molecule has 0 spiro atoms. The lowest BCUT2D eigenvalue weighted by atomic mass is 9.70. The molecular weight excluding hydrogens is 545 g/mol. The second-order valence-corrected chi connectivity index (χ2v) is 10.7. The standard InChI is InChI=1S/C28H36BN5O8/c1-18(2)13-22(29-41-24(36)16-28(42-29,15-23(35)40-5)27(39)34(3)4)33-25(37)20(14-19-9-7-6-8-10-19)32-26(38)21-17-30-11-12-31-21/h6-12,17-18,20,22H,13-16H2,1-5H3,(H,32,38)(H,33,37)/t20-,22-,28-/m0/s1. The van der Waals surface area contributed by atoms with Crippen LogP contribution >= 0.6 is 0 Å². The summed E-state index contributed by atoms with van der Waals surface area (Å²) in [6.07, 6.45) is 3.46. The SMILES string of the molecule is COC(=O)C[C@@]1(C(=O)N(C)C)CC(=O)OB([C@H](CC(C)C)NC(=O)[C@H](Cc2ccccc2)NC(=O)c2cnccn2)O1. The van der Waals surface area contributed by atoms with Crippen molar-refractivity contribution >= 4 is 36.8 Å². The van der Waals surface area contributed by atoms with Crippen molar-refractivity contribution in [3.05, 3.63) is 60.2 Å². The van der Waals surface area contributed by atoms with Crippen LogP contribution in [0.4, 0.5) is 0 Å². The number of ether oxygens (including phenoxy) is 1. The van der Waals surface area contributed by atoms with E-state index in [9.17, 15) is 24.0 Å². The Balaban J connectivity index is 1.91. The molecule has 42 heavy (non-hydrogen) atoms. The number of hydrogen-bond donors (Lipinski definition) is 2. The highest BCUT2D eigenvalue weighted by molar-refractivity contribution is 6.50. The van der Waals surface area contributed by atoms with Gasteiger partial charge >= 0.3 is 13.1 Å². The van der Waals surface area contributed by atoms with Crippen LogP contribution in [0.5, 0.6) is 0 Å². The molecule has 2 N–H and O–H groups in total. The van der Waals surface area contributed by atoms with E-state index in [0.29, 0.717) is 0 Å². The van der Waals surface area contributed by atoms with Crippen molar-refractivity contribution in [2.24, 2.45) is 5.92 Å². The normalized spacial score (nSPS) is 18.0. The molecular formula is C28H36BN5O8. The second kappa shape index (κ2) is 14.5. The van der Waals surface area contributed by atoms with Crippen LogP contribution in [-0.2, 0) is 39.6 Å². The predicted octanol–water partition coefficient (Wildman–Crippen LogP) is 0.730. The highest BCUT2D eigenvalue weighted by atomic mass is 16.6. The Morgan fingerprint density at radius 3 is 2.43 bits per heavy atom. The van der Waals surface area contributed by atoms with E-state index in [1.807, 2.05) is 44.2 Å². The number of hydrogen-bond acceptors (Lipinski definition) is 10. The number of rotatable bonds is 12. The van der Waals surface area contributed by atoms with Gasteiger partial charge in [0.2, 0.25) is 5.91 Å². The molecule has 0 radical (unpaired) electrons. The van der Waals surface area contributed by atoms with E-state index in [1.54, 1.807) is 0 Å².